The Morgan fingerprint density at radius 1 is 0.465 bits per heavy atom. The summed E-state index contributed by atoms with van der Waals surface area (Å²) in [6.45, 7) is 14.6. The van der Waals surface area contributed by atoms with Gasteiger partial charge in [-0.15, -0.1) is 0 Å². The van der Waals surface area contributed by atoms with Crippen LogP contribution in [0.3, 0.4) is 0 Å². The van der Waals surface area contributed by atoms with Crippen LogP contribution in [0.15, 0.2) is 0 Å². The standard InChI is InChI=1S/C39H76O4/c1-7-9-11-13-24-28-32-42-37(40)31-27-23-21-19-17-15-16-18-20-22-26-30-36(34(3)4)38(35(5)6)39(41)43-33-29-25-14-12-10-8-2/h34-36,38H,7-33H2,1-6H3. The summed E-state index contributed by atoms with van der Waals surface area (Å²) in [4.78, 5) is 24.9. The molecule has 0 saturated heterocycles. The van der Waals surface area contributed by atoms with Crippen LogP contribution in [0.1, 0.15) is 202 Å². The van der Waals surface area contributed by atoms with Gasteiger partial charge in [-0.3, -0.25) is 9.59 Å². The van der Waals surface area contributed by atoms with Crippen molar-refractivity contribution in [2.45, 2.75) is 202 Å². The van der Waals surface area contributed by atoms with Gasteiger partial charge in [0.1, 0.15) is 0 Å². The largest absolute Gasteiger partial charge is 0.466 e. The zero-order valence-corrected chi connectivity index (χ0v) is 30.0. The molecule has 0 aliphatic carbocycles. The van der Waals surface area contributed by atoms with Crippen LogP contribution in [0.4, 0.5) is 0 Å². The van der Waals surface area contributed by atoms with Gasteiger partial charge in [0.2, 0.25) is 0 Å². The molecule has 0 radical (unpaired) electrons. The Bertz CT molecular complexity index is 614. The molecule has 43 heavy (non-hydrogen) atoms. The van der Waals surface area contributed by atoms with Gasteiger partial charge in [-0.25, -0.2) is 0 Å². The molecule has 2 unspecified atom stereocenters. The number of carbonyl (C=O) groups excluding carboxylic acids is 2. The fourth-order valence-corrected chi connectivity index (χ4v) is 6.40. The maximum absolute atomic E-state index is 13.1. The van der Waals surface area contributed by atoms with Crippen LogP contribution >= 0.6 is 0 Å². The van der Waals surface area contributed by atoms with Gasteiger partial charge in [-0.2, -0.15) is 0 Å². The van der Waals surface area contributed by atoms with Crippen molar-refractivity contribution in [1.82, 2.24) is 0 Å². The van der Waals surface area contributed by atoms with Crippen molar-refractivity contribution < 1.29 is 19.1 Å². The van der Waals surface area contributed by atoms with Crippen molar-refractivity contribution in [1.29, 1.82) is 0 Å². The van der Waals surface area contributed by atoms with Gasteiger partial charge in [0.05, 0.1) is 19.1 Å². The van der Waals surface area contributed by atoms with Crippen molar-refractivity contribution in [2.75, 3.05) is 13.2 Å². The molecule has 0 spiro atoms. The zero-order valence-electron chi connectivity index (χ0n) is 30.0. The van der Waals surface area contributed by atoms with Crippen LogP contribution in [0.2, 0.25) is 0 Å². The molecule has 0 bridgehead atoms. The van der Waals surface area contributed by atoms with E-state index in [0.717, 1.165) is 32.1 Å². The van der Waals surface area contributed by atoms with E-state index in [1.165, 1.54) is 122 Å². The lowest BCUT2D eigenvalue weighted by atomic mass is 9.74. The lowest BCUT2D eigenvalue weighted by Gasteiger charge is -2.31. The van der Waals surface area contributed by atoms with Gasteiger partial charge < -0.3 is 9.47 Å². The van der Waals surface area contributed by atoms with E-state index in [0.29, 0.717) is 37.4 Å². The zero-order chi connectivity index (χ0) is 32.0. The molecule has 256 valence electrons. The average Bonchev–Trinajstić information content (AvgIpc) is 2.97. The van der Waals surface area contributed by atoms with Crippen LogP contribution in [0, 0.1) is 23.7 Å². The SMILES string of the molecule is CCCCCCCCOC(=O)CCCCCCCCCCCCCC(C(C)C)C(C(=O)OCCCCCCCC)C(C)C. The lowest BCUT2D eigenvalue weighted by Crippen LogP contribution is -2.33. The first kappa shape index (κ1) is 41.9. The first-order chi connectivity index (χ1) is 20.8. The first-order valence-corrected chi connectivity index (χ1v) is 19.2. The third-order valence-electron chi connectivity index (χ3n) is 9.23. The van der Waals surface area contributed by atoms with Gasteiger partial charge >= 0.3 is 11.9 Å². The predicted molar refractivity (Wildman–Crippen MR) is 185 cm³/mol. The van der Waals surface area contributed by atoms with Crippen LogP contribution < -0.4 is 0 Å². The van der Waals surface area contributed by atoms with Crippen molar-refractivity contribution in [2.24, 2.45) is 23.7 Å². The van der Waals surface area contributed by atoms with Gasteiger partial charge in [-0.05, 0) is 43.4 Å². The predicted octanol–water partition coefficient (Wildman–Crippen LogP) is 12.4. The summed E-state index contributed by atoms with van der Waals surface area (Å²) >= 11 is 0. The third-order valence-corrected chi connectivity index (χ3v) is 9.23. The number of carbonyl (C=O) groups is 2. The highest BCUT2D eigenvalue weighted by molar-refractivity contribution is 5.73. The number of hydrogen-bond donors (Lipinski definition) is 0. The number of ether oxygens (including phenoxy) is 2. The molecule has 0 fully saturated rings. The van der Waals surface area contributed by atoms with Crippen LogP contribution in [-0.4, -0.2) is 25.2 Å². The average molecular weight is 609 g/mol. The van der Waals surface area contributed by atoms with E-state index >= 15 is 0 Å². The quantitative estimate of drug-likeness (QED) is 0.0563. The summed E-state index contributed by atoms with van der Waals surface area (Å²) in [6.07, 6.45) is 30.1. The van der Waals surface area contributed by atoms with Crippen molar-refractivity contribution in [3.8, 4) is 0 Å². The van der Waals surface area contributed by atoms with Gasteiger partial charge in [0.15, 0.2) is 0 Å². The summed E-state index contributed by atoms with van der Waals surface area (Å²) in [6, 6.07) is 0. The summed E-state index contributed by atoms with van der Waals surface area (Å²) in [5.74, 6) is 1.31. The Morgan fingerprint density at radius 2 is 0.860 bits per heavy atom. The van der Waals surface area contributed by atoms with E-state index in [2.05, 4.69) is 41.5 Å². The molecule has 0 aromatic carbocycles. The Morgan fingerprint density at radius 3 is 1.30 bits per heavy atom. The minimum absolute atomic E-state index is 0.00331. The number of esters is 2. The van der Waals surface area contributed by atoms with Gasteiger partial charge in [0, 0.05) is 6.42 Å². The monoisotopic (exact) mass is 609 g/mol. The highest BCUT2D eigenvalue weighted by Crippen LogP contribution is 2.33. The van der Waals surface area contributed by atoms with Crippen molar-refractivity contribution in [3.63, 3.8) is 0 Å². The lowest BCUT2D eigenvalue weighted by molar-refractivity contribution is -0.153. The molecule has 0 saturated carbocycles. The van der Waals surface area contributed by atoms with Gasteiger partial charge in [0.25, 0.3) is 0 Å². The Balaban J connectivity index is 3.84. The molecule has 4 heteroatoms. The summed E-state index contributed by atoms with van der Waals surface area (Å²) in [5.41, 5.74) is 0. The molecule has 0 amide bonds. The van der Waals surface area contributed by atoms with Gasteiger partial charge in [-0.1, -0.05) is 170 Å². The smallest absolute Gasteiger partial charge is 0.309 e. The maximum atomic E-state index is 13.1. The third kappa shape index (κ3) is 25.9. The van der Waals surface area contributed by atoms with E-state index in [1.807, 2.05) is 0 Å². The second kappa shape index (κ2) is 30.9. The minimum atomic E-state index is -0.00331. The first-order valence-electron chi connectivity index (χ1n) is 19.2. The van der Waals surface area contributed by atoms with E-state index in [9.17, 15) is 9.59 Å². The fourth-order valence-electron chi connectivity index (χ4n) is 6.40. The summed E-state index contributed by atoms with van der Waals surface area (Å²) in [7, 11) is 0. The second-order valence-corrected chi connectivity index (χ2v) is 14.0. The summed E-state index contributed by atoms with van der Waals surface area (Å²) < 4.78 is 11.2. The Hall–Kier alpha value is -1.06. The molecule has 0 rings (SSSR count). The molecule has 0 aromatic heterocycles. The van der Waals surface area contributed by atoms with Crippen molar-refractivity contribution >= 4 is 11.9 Å². The minimum Gasteiger partial charge on any atom is -0.466 e. The highest BCUT2D eigenvalue weighted by Gasteiger charge is 2.33. The van der Waals surface area contributed by atoms with E-state index in [-0.39, 0.29) is 17.9 Å². The molecule has 0 aliphatic heterocycles. The molecule has 0 aromatic rings. The Kier molecular flexibility index (Phi) is 30.2. The van der Waals surface area contributed by atoms with Crippen LogP contribution in [-0.2, 0) is 19.1 Å². The Labute approximate surface area is 269 Å². The second-order valence-electron chi connectivity index (χ2n) is 14.0. The molecular weight excluding hydrogens is 532 g/mol. The molecule has 0 N–H and O–H groups in total. The van der Waals surface area contributed by atoms with E-state index in [1.54, 1.807) is 0 Å². The van der Waals surface area contributed by atoms with E-state index in [4.69, 9.17) is 9.47 Å². The molecule has 0 aliphatic rings. The molecule has 2 atom stereocenters. The van der Waals surface area contributed by atoms with Crippen LogP contribution in [0.25, 0.3) is 0 Å². The normalized spacial score (nSPS) is 13.0. The summed E-state index contributed by atoms with van der Waals surface area (Å²) in [5, 5.41) is 0. The van der Waals surface area contributed by atoms with Crippen LogP contribution in [0.5, 0.6) is 0 Å². The van der Waals surface area contributed by atoms with Crippen molar-refractivity contribution in [3.05, 3.63) is 0 Å². The fraction of sp³-hybridized carbons (Fsp3) is 0.949. The number of rotatable bonds is 32. The van der Waals surface area contributed by atoms with E-state index < -0.39 is 0 Å². The molecule has 0 heterocycles. The highest BCUT2D eigenvalue weighted by atomic mass is 16.5. The maximum Gasteiger partial charge on any atom is 0.309 e. The topological polar surface area (TPSA) is 52.6 Å². The molecular formula is C39H76O4. The number of hydrogen-bond acceptors (Lipinski definition) is 4. The number of unbranched alkanes of at least 4 members (excludes halogenated alkanes) is 20. The molecule has 4 nitrogen and oxygen atoms in total.